The van der Waals surface area contributed by atoms with Gasteiger partial charge in [-0.3, -0.25) is 4.79 Å². The number of hydrogen-bond acceptors (Lipinski definition) is 2. The number of benzene rings is 1. The highest BCUT2D eigenvalue weighted by molar-refractivity contribution is 5.77. The highest BCUT2D eigenvalue weighted by Crippen LogP contribution is 2.49. The Morgan fingerprint density at radius 3 is 2.81 bits per heavy atom. The van der Waals surface area contributed by atoms with Gasteiger partial charge in [-0.05, 0) is 44.2 Å². The third-order valence-electron chi connectivity index (χ3n) is 3.20. The molecule has 0 bridgehead atoms. The highest BCUT2D eigenvalue weighted by Gasteiger charge is 2.45. The summed E-state index contributed by atoms with van der Waals surface area (Å²) in [7, 11) is 0. The SMILES string of the molecule is CCOC(=O)[C@H]1C[C@@H]1c1ccc(C)cc1C. The molecule has 2 rings (SSSR count). The Hall–Kier alpha value is -1.31. The molecule has 1 fully saturated rings. The lowest BCUT2D eigenvalue weighted by molar-refractivity contribution is -0.144. The standard InChI is InChI=1S/C14H18O2/c1-4-16-14(15)13-8-12(13)11-6-5-9(2)7-10(11)3/h5-7,12-13H,4,8H2,1-3H3/t12-,13+/m1/s1. The van der Waals surface area contributed by atoms with E-state index in [9.17, 15) is 4.79 Å². The maximum atomic E-state index is 11.5. The van der Waals surface area contributed by atoms with Gasteiger partial charge < -0.3 is 4.74 Å². The monoisotopic (exact) mass is 218 g/mol. The summed E-state index contributed by atoms with van der Waals surface area (Å²) in [5.74, 6) is 0.452. The molecule has 1 aromatic rings. The van der Waals surface area contributed by atoms with Crippen LogP contribution in [0.25, 0.3) is 0 Å². The molecule has 0 radical (unpaired) electrons. The maximum Gasteiger partial charge on any atom is 0.309 e. The molecule has 1 aromatic carbocycles. The number of carbonyl (C=O) groups excluding carboxylic acids is 1. The van der Waals surface area contributed by atoms with E-state index < -0.39 is 0 Å². The average Bonchev–Trinajstić information content (AvgIpc) is 2.98. The molecule has 1 aliphatic carbocycles. The minimum Gasteiger partial charge on any atom is -0.466 e. The predicted octanol–water partition coefficient (Wildman–Crippen LogP) is 2.97. The van der Waals surface area contributed by atoms with Crippen LogP contribution in [0, 0.1) is 19.8 Å². The molecule has 0 saturated heterocycles. The van der Waals surface area contributed by atoms with Gasteiger partial charge in [-0.1, -0.05) is 23.8 Å². The van der Waals surface area contributed by atoms with Crippen molar-refractivity contribution in [3.8, 4) is 0 Å². The van der Waals surface area contributed by atoms with Crippen molar-refractivity contribution in [3.63, 3.8) is 0 Å². The van der Waals surface area contributed by atoms with Gasteiger partial charge in [-0.2, -0.15) is 0 Å². The second-order valence-corrected chi connectivity index (χ2v) is 4.56. The van der Waals surface area contributed by atoms with Gasteiger partial charge in [-0.15, -0.1) is 0 Å². The third kappa shape index (κ3) is 2.11. The van der Waals surface area contributed by atoms with E-state index in [1.54, 1.807) is 0 Å². The molecule has 86 valence electrons. The summed E-state index contributed by atoms with van der Waals surface area (Å²) in [4.78, 5) is 11.5. The fraction of sp³-hybridized carbons (Fsp3) is 0.500. The molecule has 16 heavy (non-hydrogen) atoms. The minimum absolute atomic E-state index is 0.0347. The van der Waals surface area contributed by atoms with Crippen molar-refractivity contribution in [1.82, 2.24) is 0 Å². The largest absolute Gasteiger partial charge is 0.466 e. The van der Waals surface area contributed by atoms with E-state index in [1.165, 1.54) is 16.7 Å². The van der Waals surface area contributed by atoms with Crippen LogP contribution in [0.5, 0.6) is 0 Å². The summed E-state index contributed by atoms with van der Waals surface area (Å²) >= 11 is 0. The first-order valence-corrected chi connectivity index (χ1v) is 5.87. The normalized spacial score (nSPS) is 22.9. The summed E-state index contributed by atoms with van der Waals surface area (Å²) in [5.41, 5.74) is 3.87. The third-order valence-corrected chi connectivity index (χ3v) is 3.20. The van der Waals surface area contributed by atoms with Crippen LogP contribution < -0.4 is 0 Å². The van der Waals surface area contributed by atoms with Crippen LogP contribution in [0.15, 0.2) is 18.2 Å². The van der Waals surface area contributed by atoms with E-state index in [-0.39, 0.29) is 11.9 Å². The summed E-state index contributed by atoms with van der Waals surface area (Å²) < 4.78 is 5.04. The van der Waals surface area contributed by atoms with Crippen LogP contribution in [0.1, 0.15) is 36.0 Å². The minimum atomic E-state index is -0.0347. The van der Waals surface area contributed by atoms with Crippen molar-refractivity contribution in [2.75, 3.05) is 6.61 Å². The summed E-state index contributed by atoms with van der Waals surface area (Å²) in [6.07, 6.45) is 0.947. The second-order valence-electron chi connectivity index (χ2n) is 4.56. The van der Waals surface area contributed by atoms with E-state index in [0.717, 1.165) is 6.42 Å². The van der Waals surface area contributed by atoms with Crippen LogP contribution in [0.2, 0.25) is 0 Å². The van der Waals surface area contributed by atoms with Crippen LogP contribution >= 0.6 is 0 Å². The number of aryl methyl sites for hydroxylation is 2. The van der Waals surface area contributed by atoms with Crippen molar-refractivity contribution in [2.24, 2.45) is 5.92 Å². The quantitative estimate of drug-likeness (QED) is 0.729. The van der Waals surface area contributed by atoms with Gasteiger partial charge in [0, 0.05) is 0 Å². The van der Waals surface area contributed by atoms with E-state index in [1.807, 2.05) is 6.92 Å². The molecule has 0 aromatic heterocycles. The van der Waals surface area contributed by atoms with Gasteiger partial charge in [0.15, 0.2) is 0 Å². The lowest BCUT2D eigenvalue weighted by atomic mass is 10.0. The number of ether oxygens (including phenoxy) is 1. The van der Waals surface area contributed by atoms with Crippen molar-refractivity contribution in [1.29, 1.82) is 0 Å². The Balaban J connectivity index is 2.08. The van der Waals surface area contributed by atoms with E-state index >= 15 is 0 Å². The number of rotatable bonds is 3. The first-order chi connectivity index (χ1) is 7.63. The first-order valence-electron chi connectivity index (χ1n) is 5.87. The van der Waals surface area contributed by atoms with Crippen molar-refractivity contribution < 1.29 is 9.53 Å². The molecule has 0 aliphatic heterocycles. The molecular weight excluding hydrogens is 200 g/mol. The van der Waals surface area contributed by atoms with Gasteiger partial charge in [0.25, 0.3) is 0 Å². The summed E-state index contributed by atoms with van der Waals surface area (Å²) in [6.45, 7) is 6.54. The first kappa shape index (κ1) is 11.2. The molecule has 0 N–H and O–H groups in total. The van der Waals surface area contributed by atoms with Gasteiger partial charge in [0.1, 0.15) is 0 Å². The number of hydrogen-bond donors (Lipinski definition) is 0. The Morgan fingerprint density at radius 2 is 2.19 bits per heavy atom. The molecule has 0 amide bonds. The lowest BCUT2D eigenvalue weighted by Crippen LogP contribution is -2.07. The molecular formula is C14H18O2. The van der Waals surface area contributed by atoms with Crippen molar-refractivity contribution in [2.45, 2.75) is 33.1 Å². The Morgan fingerprint density at radius 1 is 1.44 bits per heavy atom. The highest BCUT2D eigenvalue weighted by atomic mass is 16.5. The molecule has 0 spiro atoms. The fourth-order valence-electron chi connectivity index (χ4n) is 2.29. The smallest absolute Gasteiger partial charge is 0.309 e. The van der Waals surface area contributed by atoms with Crippen LogP contribution in [-0.2, 0) is 9.53 Å². The van der Waals surface area contributed by atoms with Crippen molar-refractivity contribution >= 4 is 5.97 Å². The van der Waals surface area contributed by atoms with E-state index in [2.05, 4.69) is 32.0 Å². The van der Waals surface area contributed by atoms with Gasteiger partial charge in [-0.25, -0.2) is 0 Å². The summed E-state index contributed by atoms with van der Waals surface area (Å²) in [6, 6.07) is 6.44. The molecule has 1 aliphatic rings. The van der Waals surface area contributed by atoms with E-state index in [4.69, 9.17) is 4.74 Å². The van der Waals surface area contributed by atoms with Gasteiger partial charge in [0.05, 0.1) is 12.5 Å². The zero-order valence-corrected chi connectivity index (χ0v) is 10.1. The summed E-state index contributed by atoms with van der Waals surface area (Å²) in [5, 5.41) is 0. The topological polar surface area (TPSA) is 26.3 Å². The molecule has 1 saturated carbocycles. The molecule has 2 heteroatoms. The Bertz CT molecular complexity index is 409. The Kier molecular flexibility index (Phi) is 2.99. The lowest BCUT2D eigenvalue weighted by Gasteiger charge is -2.06. The number of esters is 1. The molecule has 2 nitrogen and oxygen atoms in total. The Labute approximate surface area is 96.6 Å². The maximum absolute atomic E-state index is 11.5. The molecule has 0 unspecified atom stereocenters. The van der Waals surface area contributed by atoms with Crippen molar-refractivity contribution in [3.05, 3.63) is 34.9 Å². The number of carbonyl (C=O) groups is 1. The second kappa shape index (κ2) is 4.28. The predicted molar refractivity (Wildman–Crippen MR) is 63.4 cm³/mol. The van der Waals surface area contributed by atoms with Gasteiger partial charge >= 0.3 is 5.97 Å². The van der Waals surface area contributed by atoms with Gasteiger partial charge in [0.2, 0.25) is 0 Å². The molecule has 2 atom stereocenters. The fourth-order valence-corrected chi connectivity index (χ4v) is 2.29. The zero-order chi connectivity index (χ0) is 11.7. The van der Waals surface area contributed by atoms with Crippen LogP contribution in [-0.4, -0.2) is 12.6 Å². The van der Waals surface area contributed by atoms with E-state index in [0.29, 0.717) is 12.5 Å². The van der Waals surface area contributed by atoms with Crippen LogP contribution in [0.4, 0.5) is 0 Å². The molecule has 0 heterocycles. The zero-order valence-electron chi connectivity index (χ0n) is 10.1. The van der Waals surface area contributed by atoms with Crippen LogP contribution in [0.3, 0.4) is 0 Å². The average molecular weight is 218 g/mol.